The van der Waals surface area contributed by atoms with Crippen molar-refractivity contribution < 1.29 is 22.4 Å². The van der Waals surface area contributed by atoms with Gasteiger partial charge >= 0.3 is 6.18 Å². The molecule has 0 spiro atoms. The number of benzene rings is 1. The summed E-state index contributed by atoms with van der Waals surface area (Å²) < 4.78 is 54.8. The van der Waals surface area contributed by atoms with Crippen LogP contribution < -0.4 is 15.8 Å². The van der Waals surface area contributed by atoms with Crippen molar-refractivity contribution in [1.82, 2.24) is 10.4 Å². The minimum atomic E-state index is -4.65. The standard InChI is InChI=1S/C22H24F4N4O/c1-30(12-15-11-17(15)14-4-6-16(23)7-5-14)18-8-9-27-21(20(18)22(24,25)26)29-28-19(31)10-13-2-3-13/h4-9,13,15,17H,2-3,10-12H2,1H3,(H,27,29)(H,28,31). The minimum Gasteiger partial charge on any atom is -0.374 e. The quantitative estimate of drug-likeness (QED) is 0.464. The fourth-order valence-electron chi connectivity index (χ4n) is 3.93. The maximum atomic E-state index is 13.9. The highest BCUT2D eigenvalue weighted by Crippen LogP contribution is 2.49. The molecule has 2 fully saturated rings. The molecule has 2 unspecified atom stereocenters. The zero-order chi connectivity index (χ0) is 22.2. The van der Waals surface area contributed by atoms with E-state index in [0.717, 1.165) is 24.8 Å². The number of hydrogen-bond donors (Lipinski definition) is 2. The normalized spacial score (nSPS) is 20.3. The third kappa shape index (κ3) is 5.26. The van der Waals surface area contributed by atoms with Crippen LogP contribution in [-0.2, 0) is 11.0 Å². The molecular formula is C22H24F4N4O. The van der Waals surface area contributed by atoms with Gasteiger partial charge in [0.15, 0.2) is 5.82 Å². The molecule has 2 aliphatic rings. The summed E-state index contributed by atoms with van der Waals surface area (Å²) in [6.45, 7) is 0.419. The Morgan fingerprint density at radius 3 is 2.55 bits per heavy atom. The van der Waals surface area contributed by atoms with Crippen molar-refractivity contribution in [3.05, 3.63) is 53.5 Å². The van der Waals surface area contributed by atoms with Gasteiger partial charge in [0.2, 0.25) is 5.91 Å². The van der Waals surface area contributed by atoms with E-state index in [2.05, 4.69) is 15.8 Å². The Kier molecular flexibility index (Phi) is 5.77. The Morgan fingerprint density at radius 2 is 1.90 bits per heavy atom. The predicted octanol–water partition coefficient (Wildman–Crippen LogP) is 4.72. The van der Waals surface area contributed by atoms with Crippen LogP contribution in [0.25, 0.3) is 0 Å². The van der Waals surface area contributed by atoms with Gasteiger partial charge in [-0.3, -0.25) is 15.6 Å². The highest BCUT2D eigenvalue weighted by Gasteiger charge is 2.42. The van der Waals surface area contributed by atoms with E-state index in [-0.39, 0.29) is 29.2 Å². The molecule has 9 heteroatoms. The second-order valence-corrected chi connectivity index (χ2v) is 8.41. The first-order valence-corrected chi connectivity index (χ1v) is 10.3. The molecule has 2 aromatic rings. The summed E-state index contributed by atoms with van der Waals surface area (Å²) in [5.74, 6) is -0.378. The number of hydrazine groups is 1. The highest BCUT2D eigenvalue weighted by atomic mass is 19.4. The second-order valence-electron chi connectivity index (χ2n) is 8.41. The van der Waals surface area contributed by atoms with Gasteiger partial charge in [-0.05, 0) is 60.8 Å². The van der Waals surface area contributed by atoms with Crippen molar-refractivity contribution in [2.45, 2.75) is 37.8 Å². The predicted molar refractivity (Wildman–Crippen MR) is 109 cm³/mol. The lowest BCUT2D eigenvalue weighted by atomic mass is 10.1. The fraction of sp³-hybridized carbons (Fsp3) is 0.455. The van der Waals surface area contributed by atoms with Crippen molar-refractivity contribution in [2.75, 3.05) is 23.9 Å². The van der Waals surface area contributed by atoms with Crippen LogP contribution in [0.3, 0.4) is 0 Å². The molecule has 1 aromatic carbocycles. The number of anilines is 2. The number of amides is 1. The van der Waals surface area contributed by atoms with Gasteiger partial charge in [0.1, 0.15) is 11.4 Å². The molecule has 1 amide bonds. The van der Waals surface area contributed by atoms with E-state index in [0.29, 0.717) is 18.9 Å². The highest BCUT2D eigenvalue weighted by molar-refractivity contribution is 5.78. The molecule has 2 aliphatic carbocycles. The zero-order valence-corrected chi connectivity index (χ0v) is 17.0. The third-order valence-electron chi connectivity index (χ3n) is 5.84. The maximum absolute atomic E-state index is 13.9. The van der Waals surface area contributed by atoms with E-state index in [1.807, 2.05) is 0 Å². The summed E-state index contributed by atoms with van der Waals surface area (Å²) in [6.07, 6.45) is -0.285. The minimum absolute atomic E-state index is 0.00815. The smallest absolute Gasteiger partial charge is 0.374 e. The molecule has 166 valence electrons. The fourth-order valence-corrected chi connectivity index (χ4v) is 3.93. The third-order valence-corrected chi connectivity index (χ3v) is 5.84. The van der Waals surface area contributed by atoms with E-state index in [1.54, 1.807) is 24.1 Å². The number of carbonyl (C=O) groups is 1. The van der Waals surface area contributed by atoms with Crippen molar-refractivity contribution in [3.8, 4) is 0 Å². The SMILES string of the molecule is CN(CC1CC1c1ccc(F)cc1)c1ccnc(NNC(=O)CC2CC2)c1C(F)(F)F. The van der Waals surface area contributed by atoms with Gasteiger partial charge in [-0.1, -0.05) is 12.1 Å². The number of carbonyl (C=O) groups excluding carboxylic acids is 1. The number of aromatic nitrogens is 1. The molecule has 0 radical (unpaired) electrons. The van der Waals surface area contributed by atoms with Gasteiger partial charge < -0.3 is 4.90 Å². The van der Waals surface area contributed by atoms with Gasteiger partial charge in [-0.15, -0.1) is 0 Å². The molecular weight excluding hydrogens is 412 g/mol. The molecule has 31 heavy (non-hydrogen) atoms. The lowest BCUT2D eigenvalue weighted by molar-refractivity contribution is -0.136. The zero-order valence-electron chi connectivity index (χ0n) is 17.0. The first kappa shape index (κ1) is 21.4. The Morgan fingerprint density at radius 1 is 1.19 bits per heavy atom. The van der Waals surface area contributed by atoms with E-state index >= 15 is 0 Å². The molecule has 1 heterocycles. The lowest BCUT2D eigenvalue weighted by Gasteiger charge is -2.25. The Balaban J connectivity index is 1.46. The topological polar surface area (TPSA) is 57.3 Å². The number of hydrogen-bond acceptors (Lipinski definition) is 4. The summed E-state index contributed by atoms with van der Waals surface area (Å²) in [4.78, 5) is 17.3. The van der Waals surface area contributed by atoms with Gasteiger partial charge in [0.05, 0.1) is 5.69 Å². The van der Waals surface area contributed by atoms with E-state index in [1.165, 1.54) is 24.4 Å². The number of halogens is 4. The molecule has 1 aromatic heterocycles. The number of pyridine rings is 1. The van der Waals surface area contributed by atoms with E-state index < -0.39 is 17.6 Å². The Bertz CT molecular complexity index is 944. The van der Waals surface area contributed by atoms with Gasteiger partial charge in [-0.2, -0.15) is 13.2 Å². The monoisotopic (exact) mass is 436 g/mol. The largest absolute Gasteiger partial charge is 0.422 e. The van der Waals surface area contributed by atoms with Crippen LogP contribution in [0.2, 0.25) is 0 Å². The number of alkyl halides is 3. The number of nitrogens with zero attached hydrogens (tertiary/aromatic N) is 2. The summed E-state index contributed by atoms with van der Waals surface area (Å²) >= 11 is 0. The summed E-state index contributed by atoms with van der Waals surface area (Å²) in [5, 5.41) is 0. The summed E-state index contributed by atoms with van der Waals surface area (Å²) in [7, 11) is 1.61. The van der Waals surface area contributed by atoms with Crippen molar-refractivity contribution in [1.29, 1.82) is 0 Å². The maximum Gasteiger partial charge on any atom is 0.422 e. The van der Waals surface area contributed by atoms with E-state index in [9.17, 15) is 22.4 Å². The van der Waals surface area contributed by atoms with Gasteiger partial charge in [0, 0.05) is 26.2 Å². The number of rotatable bonds is 8. The molecule has 2 N–H and O–H groups in total. The van der Waals surface area contributed by atoms with Gasteiger partial charge in [0.25, 0.3) is 0 Å². The van der Waals surface area contributed by atoms with Crippen molar-refractivity contribution in [3.63, 3.8) is 0 Å². The lowest BCUT2D eigenvalue weighted by Crippen LogP contribution is -2.32. The van der Waals surface area contributed by atoms with Crippen LogP contribution >= 0.6 is 0 Å². The van der Waals surface area contributed by atoms with Crippen LogP contribution in [0.5, 0.6) is 0 Å². The average molecular weight is 436 g/mol. The summed E-state index contributed by atoms with van der Waals surface area (Å²) in [6, 6.07) is 7.57. The molecule has 4 rings (SSSR count). The molecule has 2 saturated carbocycles. The van der Waals surface area contributed by atoms with Crippen molar-refractivity contribution in [2.24, 2.45) is 11.8 Å². The second kappa shape index (κ2) is 8.36. The number of nitrogens with one attached hydrogen (secondary N) is 2. The van der Waals surface area contributed by atoms with Crippen LogP contribution in [0, 0.1) is 17.7 Å². The van der Waals surface area contributed by atoms with Crippen LogP contribution in [0.1, 0.15) is 42.7 Å². The molecule has 0 saturated heterocycles. The van der Waals surface area contributed by atoms with Crippen LogP contribution in [0.4, 0.5) is 29.1 Å². The first-order chi connectivity index (χ1) is 14.7. The molecule has 0 aliphatic heterocycles. The average Bonchev–Trinajstić information content (AvgIpc) is 3.63. The molecule has 2 atom stereocenters. The van der Waals surface area contributed by atoms with E-state index in [4.69, 9.17) is 0 Å². The summed E-state index contributed by atoms with van der Waals surface area (Å²) in [5.41, 5.74) is 4.77. The Hall–Kier alpha value is -2.84. The van der Waals surface area contributed by atoms with Crippen molar-refractivity contribution >= 4 is 17.4 Å². The van der Waals surface area contributed by atoms with Crippen LogP contribution in [0.15, 0.2) is 36.5 Å². The first-order valence-electron chi connectivity index (χ1n) is 10.3. The van der Waals surface area contributed by atoms with Crippen LogP contribution in [-0.4, -0.2) is 24.5 Å². The molecule has 5 nitrogen and oxygen atoms in total. The van der Waals surface area contributed by atoms with Gasteiger partial charge in [-0.25, -0.2) is 9.37 Å². The molecule has 0 bridgehead atoms. The Labute approximate surface area is 177 Å².